The molecule has 0 heterocycles. The van der Waals surface area contributed by atoms with Gasteiger partial charge in [0, 0.05) is 6.54 Å². The number of nitrogens with two attached hydrogens (primary N) is 1. The van der Waals surface area contributed by atoms with Crippen LogP contribution in [0.3, 0.4) is 0 Å². The minimum absolute atomic E-state index is 0.177. The molecule has 94 valence electrons. The number of hydrogen-bond acceptors (Lipinski definition) is 3. The fraction of sp³-hybridized carbons (Fsp3) is 0.222. The molecule has 8 heteroatoms. The van der Waals surface area contributed by atoms with E-state index < -0.39 is 27.5 Å². The minimum Gasteiger partial charge on any atom is -0.351 e. The van der Waals surface area contributed by atoms with Crippen LogP contribution in [0.25, 0.3) is 0 Å². The van der Waals surface area contributed by atoms with Gasteiger partial charge in [0.05, 0.1) is 16.3 Å². The van der Waals surface area contributed by atoms with Crippen molar-refractivity contribution in [1.29, 1.82) is 0 Å². The van der Waals surface area contributed by atoms with Crippen LogP contribution in [0.4, 0.5) is 4.39 Å². The maximum Gasteiger partial charge on any atom is 0.254 e. The summed E-state index contributed by atoms with van der Waals surface area (Å²) in [6, 6.07) is 3.96. The maximum absolute atomic E-state index is 13.4. The summed E-state index contributed by atoms with van der Waals surface area (Å²) in [7, 11) is -3.65. The van der Waals surface area contributed by atoms with Gasteiger partial charge in [-0.15, -0.1) is 0 Å². The average Bonchev–Trinajstić information content (AvgIpc) is 2.20. The number of halogens is 2. The molecule has 0 atom stereocenters. The second-order valence-corrected chi connectivity index (χ2v) is 5.37. The van der Waals surface area contributed by atoms with Crippen LogP contribution in [0.1, 0.15) is 10.4 Å². The first-order valence-corrected chi connectivity index (χ1v) is 6.63. The molecule has 0 unspecified atom stereocenters. The lowest BCUT2D eigenvalue weighted by Gasteiger charge is -2.05. The fourth-order valence-electron chi connectivity index (χ4n) is 1.08. The fourth-order valence-corrected chi connectivity index (χ4v) is 1.64. The Morgan fingerprint density at radius 3 is 2.71 bits per heavy atom. The van der Waals surface area contributed by atoms with E-state index in [4.69, 9.17) is 16.7 Å². The Hall–Kier alpha value is -1.18. The Balaban J connectivity index is 2.68. The van der Waals surface area contributed by atoms with E-state index in [2.05, 4.69) is 5.32 Å². The Bertz CT molecular complexity index is 533. The molecule has 5 nitrogen and oxygen atoms in total. The van der Waals surface area contributed by atoms with Crippen molar-refractivity contribution in [2.75, 3.05) is 12.3 Å². The van der Waals surface area contributed by atoms with Gasteiger partial charge in [-0.3, -0.25) is 4.79 Å². The lowest BCUT2D eigenvalue weighted by Crippen LogP contribution is -2.31. The van der Waals surface area contributed by atoms with Crippen LogP contribution >= 0.6 is 11.6 Å². The van der Waals surface area contributed by atoms with Crippen molar-refractivity contribution in [3.05, 3.63) is 34.6 Å². The van der Waals surface area contributed by atoms with Crippen molar-refractivity contribution >= 4 is 27.5 Å². The van der Waals surface area contributed by atoms with Crippen molar-refractivity contribution in [2.24, 2.45) is 5.14 Å². The second-order valence-electron chi connectivity index (χ2n) is 3.22. The first kappa shape index (κ1) is 13.9. The van der Waals surface area contributed by atoms with Gasteiger partial charge in [0.1, 0.15) is 0 Å². The number of carbonyl (C=O) groups excluding carboxylic acids is 1. The molecule has 0 radical (unpaired) electrons. The van der Waals surface area contributed by atoms with Crippen molar-refractivity contribution in [3.63, 3.8) is 0 Å². The van der Waals surface area contributed by atoms with Crippen LogP contribution in [0, 0.1) is 5.82 Å². The number of hydrogen-bond donors (Lipinski definition) is 2. The molecule has 0 saturated heterocycles. The summed E-state index contributed by atoms with van der Waals surface area (Å²) in [5.74, 6) is -2.00. The van der Waals surface area contributed by atoms with E-state index in [1.54, 1.807) is 0 Å². The van der Waals surface area contributed by atoms with E-state index in [-0.39, 0.29) is 17.1 Å². The zero-order valence-corrected chi connectivity index (χ0v) is 10.2. The number of primary sulfonamides is 1. The summed E-state index contributed by atoms with van der Waals surface area (Å²) in [5.41, 5.74) is -0.244. The SMILES string of the molecule is NS(=O)(=O)CCNC(=O)c1cccc(Cl)c1F. The molecule has 1 amide bonds. The molecule has 0 fully saturated rings. The third kappa shape index (κ3) is 4.29. The summed E-state index contributed by atoms with van der Waals surface area (Å²) < 4.78 is 34.6. The van der Waals surface area contributed by atoms with Gasteiger partial charge >= 0.3 is 0 Å². The highest BCUT2D eigenvalue weighted by molar-refractivity contribution is 7.89. The number of rotatable bonds is 4. The topological polar surface area (TPSA) is 89.3 Å². The molecule has 0 aliphatic rings. The molecule has 0 bridgehead atoms. The normalized spacial score (nSPS) is 11.2. The highest BCUT2D eigenvalue weighted by Gasteiger charge is 2.14. The molecule has 0 aromatic heterocycles. The molecule has 1 aromatic carbocycles. The van der Waals surface area contributed by atoms with Crippen molar-refractivity contribution < 1.29 is 17.6 Å². The van der Waals surface area contributed by atoms with E-state index in [9.17, 15) is 17.6 Å². The van der Waals surface area contributed by atoms with Gasteiger partial charge in [-0.25, -0.2) is 17.9 Å². The Labute approximate surface area is 103 Å². The van der Waals surface area contributed by atoms with E-state index in [0.29, 0.717) is 0 Å². The molecule has 0 spiro atoms. The lowest BCUT2D eigenvalue weighted by atomic mass is 10.2. The number of carbonyl (C=O) groups is 1. The van der Waals surface area contributed by atoms with Gasteiger partial charge < -0.3 is 5.32 Å². The van der Waals surface area contributed by atoms with E-state index in [0.717, 1.165) is 0 Å². The number of sulfonamides is 1. The predicted molar refractivity (Wildman–Crippen MR) is 61.7 cm³/mol. The first-order chi connectivity index (χ1) is 7.81. The Morgan fingerprint density at radius 1 is 1.47 bits per heavy atom. The van der Waals surface area contributed by atoms with Gasteiger partial charge in [0.25, 0.3) is 5.91 Å². The molecule has 0 saturated carbocycles. The van der Waals surface area contributed by atoms with Crippen LogP contribution in [-0.2, 0) is 10.0 Å². The van der Waals surface area contributed by atoms with E-state index >= 15 is 0 Å². The van der Waals surface area contributed by atoms with E-state index in [1.807, 2.05) is 0 Å². The Morgan fingerprint density at radius 2 is 2.12 bits per heavy atom. The summed E-state index contributed by atoms with van der Waals surface area (Å²) in [6.45, 7) is -0.191. The molecule has 0 aliphatic heterocycles. The monoisotopic (exact) mass is 280 g/mol. The molecule has 3 N–H and O–H groups in total. The quantitative estimate of drug-likeness (QED) is 0.841. The summed E-state index contributed by atoms with van der Waals surface area (Å²) in [5, 5.41) is 6.79. The lowest BCUT2D eigenvalue weighted by molar-refractivity contribution is 0.0952. The predicted octanol–water partition coefficient (Wildman–Crippen LogP) is 0.497. The maximum atomic E-state index is 13.4. The number of amides is 1. The third-order valence-electron chi connectivity index (χ3n) is 1.87. The highest BCUT2D eigenvalue weighted by Crippen LogP contribution is 2.17. The smallest absolute Gasteiger partial charge is 0.254 e. The van der Waals surface area contributed by atoms with Crippen molar-refractivity contribution in [2.45, 2.75) is 0 Å². The molecular formula is C9H10ClFN2O3S. The molecule has 0 aliphatic carbocycles. The van der Waals surface area contributed by atoms with Gasteiger partial charge in [0.15, 0.2) is 5.82 Å². The zero-order chi connectivity index (χ0) is 13.1. The van der Waals surface area contributed by atoms with Crippen LogP contribution in [0.2, 0.25) is 5.02 Å². The average molecular weight is 281 g/mol. The summed E-state index contributed by atoms with van der Waals surface area (Å²) >= 11 is 5.49. The second kappa shape index (κ2) is 5.44. The molecule has 1 aromatic rings. The summed E-state index contributed by atoms with van der Waals surface area (Å²) in [4.78, 5) is 11.5. The van der Waals surface area contributed by atoms with E-state index in [1.165, 1.54) is 18.2 Å². The minimum atomic E-state index is -3.65. The standard InChI is InChI=1S/C9H10ClFN2O3S/c10-7-3-1-2-6(8(7)11)9(14)13-4-5-17(12,15)16/h1-3H,4-5H2,(H,13,14)(H2,12,15,16). The molecule has 1 rings (SSSR count). The van der Waals surface area contributed by atoms with Crippen LogP contribution < -0.4 is 10.5 Å². The van der Waals surface area contributed by atoms with Gasteiger partial charge in [0.2, 0.25) is 10.0 Å². The zero-order valence-electron chi connectivity index (χ0n) is 8.61. The number of benzene rings is 1. The highest BCUT2D eigenvalue weighted by atomic mass is 35.5. The van der Waals surface area contributed by atoms with Crippen molar-refractivity contribution in [1.82, 2.24) is 5.32 Å². The van der Waals surface area contributed by atoms with Crippen LogP contribution in [0.15, 0.2) is 18.2 Å². The molecule has 17 heavy (non-hydrogen) atoms. The number of nitrogens with one attached hydrogen (secondary N) is 1. The Kier molecular flexibility index (Phi) is 4.44. The third-order valence-corrected chi connectivity index (χ3v) is 2.93. The molecular weight excluding hydrogens is 271 g/mol. The first-order valence-electron chi connectivity index (χ1n) is 4.54. The van der Waals surface area contributed by atoms with Gasteiger partial charge in [-0.2, -0.15) is 0 Å². The largest absolute Gasteiger partial charge is 0.351 e. The van der Waals surface area contributed by atoms with Gasteiger partial charge in [-0.1, -0.05) is 17.7 Å². The van der Waals surface area contributed by atoms with Crippen molar-refractivity contribution in [3.8, 4) is 0 Å². The van der Waals surface area contributed by atoms with Gasteiger partial charge in [-0.05, 0) is 12.1 Å². The summed E-state index contributed by atoms with van der Waals surface area (Å²) in [6.07, 6.45) is 0. The van der Waals surface area contributed by atoms with Crippen LogP contribution in [-0.4, -0.2) is 26.6 Å². The van der Waals surface area contributed by atoms with Crippen LogP contribution in [0.5, 0.6) is 0 Å².